The average molecular weight is 260 g/mol. The van der Waals surface area contributed by atoms with E-state index in [4.69, 9.17) is 0 Å². The third kappa shape index (κ3) is 9.22. The second-order valence-electron chi connectivity index (χ2n) is 1.56. The molecule has 0 fully saturated rings. The van der Waals surface area contributed by atoms with Crippen molar-refractivity contribution in [2.45, 2.75) is 26.1 Å². The summed E-state index contributed by atoms with van der Waals surface area (Å²) >= 11 is 0. The van der Waals surface area contributed by atoms with Crippen LogP contribution in [-0.2, 0) is 0 Å². The molecule has 0 aromatic heterocycles. The van der Waals surface area contributed by atoms with Gasteiger partial charge in [-0.1, -0.05) is 26.1 Å². The first-order valence-corrected chi connectivity index (χ1v) is 4.77. The van der Waals surface area contributed by atoms with Gasteiger partial charge in [-0.2, -0.15) is 0 Å². The zero-order chi connectivity index (χ0) is 4.28. The van der Waals surface area contributed by atoms with E-state index >= 15 is 0 Å². The van der Waals surface area contributed by atoms with Crippen molar-refractivity contribution in [3.8, 4) is 0 Å². The molecule has 0 atom stereocenters. The fraction of sp³-hybridized carbons (Fsp3) is 1.00. The minimum atomic E-state index is 0. The van der Waals surface area contributed by atoms with Gasteiger partial charge in [-0.25, -0.2) is 0 Å². The van der Waals surface area contributed by atoms with Gasteiger partial charge in [0.05, 0.1) is 0 Å². The van der Waals surface area contributed by atoms with Crippen molar-refractivity contribution < 1.29 is 46.9 Å². The van der Waals surface area contributed by atoms with E-state index in [1.54, 1.807) is 0 Å². The van der Waals surface area contributed by atoms with Crippen LogP contribution in [0.3, 0.4) is 0 Å². The molecule has 0 N–H and O–H groups in total. The molecule has 45 valence electrons. The monoisotopic (exact) mass is 261 g/mol. The van der Waals surface area contributed by atoms with Crippen LogP contribution in [0.2, 0.25) is 19.1 Å². The van der Waals surface area contributed by atoms with Crippen molar-refractivity contribution >= 4 is 8.80 Å². The van der Waals surface area contributed by atoms with Crippen molar-refractivity contribution in [2.75, 3.05) is 0 Å². The van der Waals surface area contributed by atoms with Crippen molar-refractivity contribution in [1.82, 2.24) is 0 Å². The largest absolute Gasteiger partial charge is 0.0713 e. The zero-order valence-corrected chi connectivity index (χ0v) is 7.19. The van der Waals surface area contributed by atoms with Crippen LogP contribution in [0.25, 0.3) is 0 Å². The maximum Gasteiger partial charge on any atom is 0.0410 e. The fourth-order valence-electron chi connectivity index (χ4n) is 0. The SMILES string of the molecule is CC[Si](C)C.[Yb]. The van der Waals surface area contributed by atoms with E-state index in [2.05, 4.69) is 20.0 Å². The van der Waals surface area contributed by atoms with Gasteiger partial charge in [0.15, 0.2) is 0 Å². The van der Waals surface area contributed by atoms with Crippen LogP contribution >= 0.6 is 0 Å². The molecule has 0 aliphatic carbocycles. The number of rotatable bonds is 1. The average Bonchev–Trinajstić information content (AvgIpc) is 1.38. The van der Waals surface area contributed by atoms with Gasteiger partial charge in [-0.05, 0) is 0 Å². The topological polar surface area (TPSA) is 0 Å². The molecule has 0 aliphatic rings. The molecule has 0 saturated heterocycles. The summed E-state index contributed by atoms with van der Waals surface area (Å²) in [6, 6.07) is 1.41. The molecule has 6 heavy (non-hydrogen) atoms. The first-order chi connectivity index (χ1) is 2.27. The summed E-state index contributed by atoms with van der Waals surface area (Å²) in [4.78, 5) is 0. The molecule has 2 heteroatoms. The summed E-state index contributed by atoms with van der Waals surface area (Å²) in [5.41, 5.74) is 0. The Bertz CT molecular complexity index is 21.5. The van der Waals surface area contributed by atoms with E-state index < -0.39 is 0 Å². The standard InChI is InChI=1S/C4H11Si.Yb/c1-4-5(2)3;/h4H2,1-3H3;. The summed E-state index contributed by atoms with van der Waals surface area (Å²) in [7, 11) is 0.126. The minimum Gasteiger partial charge on any atom is -0.0713 e. The molecule has 0 saturated carbocycles. The smallest absolute Gasteiger partial charge is 0.0410 e. The molecule has 0 aromatic rings. The van der Waals surface area contributed by atoms with Crippen LogP contribution in [0.5, 0.6) is 0 Å². The number of hydrogen-bond acceptors (Lipinski definition) is 0. The summed E-state index contributed by atoms with van der Waals surface area (Å²) in [5.74, 6) is 0. The fourth-order valence-corrected chi connectivity index (χ4v) is 0. The van der Waals surface area contributed by atoms with Gasteiger partial charge < -0.3 is 0 Å². The molecule has 1 radical (unpaired) electrons. The second-order valence-corrected chi connectivity index (χ2v) is 4.68. The zero-order valence-electron chi connectivity index (χ0n) is 4.47. The molecule has 0 rings (SSSR count). The van der Waals surface area contributed by atoms with Gasteiger partial charge in [0, 0.05) is 55.7 Å². The van der Waals surface area contributed by atoms with Crippen molar-refractivity contribution in [3.63, 3.8) is 0 Å². The van der Waals surface area contributed by atoms with E-state index in [0.717, 1.165) is 0 Å². The third-order valence-corrected chi connectivity index (χ3v) is 2.12. The first-order valence-electron chi connectivity index (χ1n) is 2.06. The molecule has 0 bridgehead atoms. The van der Waals surface area contributed by atoms with Gasteiger partial charge in [-0.3, -0.25) is 0 Å². The Balaban J connectivity index is 0. The third-order valence-electron chi connectivity index (χ3n) is 0.707. The van der Waals surface area contributed by atoms with Crippen molar-refractivity contribution in [1.29, 1.82) is 0 Å². The Hall–Kier alpha value is 1.74. The van der Waals surface area contributed by atoms with Crippen LogP contribution in [-0.4, -0.2) is 8.80 Å². The normalized spacial score (nSPS) is 8.00. The van der Waals surface area contributed by atoms with E-state index in [1.165, 1.54) is 6.04 Å². The van der Waals surface area contributed by atoms with Crippen LogP contribution < -0.4 is 0 Å². The summed E-state index contributed by atoms with van der Waals surface area (Å²) in [6.07, 6.45) is 0. The Labute approximate surface area is 80.6 Å². The van der Waals surface area contributed by atoms with Gasteiger partial charge in [0.2, 0.25) is 0 Å². The second kappa shape index (κ2) is 6.74. The van der Waals surface area contributed by atoms with Crippen molar-refractivity contribution in [3.05, 3.63) is 0 Å². The van der Waals surface area contributed by atoms with Crippen LogP contribution in [0.15, 0.2) is 0 Å². The molecule has 0 aliphatic heterocycles. The van der Waals surface area contributed by atoms with Gasteiger partial charge in [-0.15, -0.1) is 0 Å². The maximum atomic E-state index is 2.32. The first kappa shape index (κ1) is 10.7. The van der Waals surface area contributed by atoms with E-state index in [9.17, 15) is 0 Å². The molecule has 0 nitrogen and oxygen atoms in total. The van der Waals surface area contributed by atoms with Gasteiger partial charge in [0.1, 0.15) is 0 Å². The molecule has 0 heterocycles. The van der Waals surface area contributed by atoms with E-state index in [1.807, 2.05) is 0 Å². The Morgan fingerprint density at radius 2 is 1.50 bits per heavy atom. The quantitative estimate of drug-likeness (QED) is 0.630. The van der Waals surface area contributed by atoms with Crippen molar-refractivity contribution in [2.24, 2.45) is 0 Å². The minimum absolute atomic E-state index is 0. The number of hydrogen-bond donors (Lipinski definition) is 0. The predicted octanol–water partition coefficient (Wildman–Crippen LogP) is 1.76. The van der Waals surface area contributed by atoms with Gasteiger partial charge >= 0.3 is 0 Å². The Morgan fingerprint density at radius 3 is 1.50 bits per heavy atom. The summed E-state index contributed by atoms with van der Waals surface area (Å²) in [5, 5.41) is 0. The molecular weight excluding hydrogens is 249 g/mol. The van der Waals surface area contributed by atoms with Gasteiger partial charge in [0.25, 0.3) is 0 Å². The van der Waals surface area contributed by atoms with Crippen LogP contribution in [0.4, 0.5) is 0 Å². The predicted molar refractivity (Wildman–Crippen MR) is 28.0 cm³/mol. The molecule has 0 spiro atoms. The Kier molecular flexibility index (Phi) is 12.0. The van der Waals surface area contributed by atoms with E-state index in [0.29, 0.717) is 0 Å². The molecule has 0 amide bonds. The maximum absolute atomic E-state index is 2.32. The van der Waals surface area contributed by atoms with E-state index in [-0.39, 0.29) is 55.7 Å². The molecule has 0 aromatic carbocycles. The van der Waals surface area contributed by atoms with Crippen LogP contribution in [0, 0.1) is 46.9 Å². The molecular formula is C4H11SiYb. The summed E-state index contributed by atoms with van der Waals surface area (Å²) < 4.78 is 0. The summed E-state index contributed by atoms with van der Waals surface area (Å²) in [6.45, 7) is 6.89. The molecule has 0 unspecified atom stereocenters. The van der Waals surface area contributed by atoms with Crippen LogP contribution in [0.1, 0.15) is 6.92 Å². The Morgan fingerprint density at radius 1 is 1.33 bits per heavy atom.